The second kappa shape index (κ2) is 5.53. The molecule has 0 heterocycles. The Balaban J connectivity index is 1.80. The number of carbonyl (C=O) groups is 1. The van der Waals surface area contributed by atoms with Crippen molar-refractivity contribution in [3.8, 4) is 0 Å². The van der Waals surface area contributed by atoms with Gasteiger partial charge >= 0.3 is 5.97 Å². The van der Waals surface area contributed by atoms with Crippen molar-refractivity contribution in [1.82, 2.24) is 0 Å². The largest absolute Gasteiger partial charge is 0.458 e. The maximum absolute atomic E-state index is 13.1. The van der Waals surface area contributed by atoms with E-state index in [2.05, 4.69) is 34.6 Å². The van der Waals surface area contributed by atoms with Crippen molar-refractivity contribution in [1.29, 1.82) is 0 Å². The Hall–Kier alpha value is -0.530. The molecule has 4 aliphatic carbocycles. The molecular weight excluding hydrogens is 272 g/mol. The average molecular weight is 306 g/mol. The number of esters is 1. The molecule has 4 rings (SSSR count). The summed E-state index contributed by atoms with van der Waals surface area (Å²) in [6.07, 6.45) is 8.16. The summed E-state index contributed by atoms with van der Waals surface area (Å²) in [7, 11) is 0. The maximum Gasteiger partial charge on any atom is 0.312 e. The lowest BCUT2D eigenvalue weighted by Gasteiger charge is -2.45. The molecule has 2 nitrogen and oxygen atoms in total. The van der Waals surface area contributed by atoms with Gasteiger partial charge in [-0.1, -0.05) is 27.7 Å². The van der Waals surface area contributed by atoms with E-state index in [1.165, 1.54) is 25.7 Å². The van der Waals surface area contributed by atoms with Gasteiger partial charge in [0.25, 0.3) is 0 Å². The summed E-state index contributed by atoms with van der Waals surface area (Å²) < 4.78 is 6.43. The highest BCUT2D eigenvalue weighted by Gasteiger charge is 2.64. The van der Waals surface area contributed by atoms with Crippen molar-refractivity contribution >= 4 is 5.97 Å². The van der Waals surface area contributed by atoms with Crippen LogP contribution in [-0.2, 0) is 9.53 Å². The fourth-order valence-corrected chi connectivity index (χ4v) is 6.21. The summed E-state index contributed by atoms with van der Waals surface area (Å²) in [5, 5.41) is 0. The van der Waals surface area contributed by atoms with Crippen LogP contribution in [-0.4, -0.2) is 11.6 Å². The van der Waals surface area contributed by atoms with E-state index in [0.29, 0.717) is 17.8 Å². The van der Waals surface area contributed by atoms with E-state index in [9.17, 15) is 4.79 Å². The summed E-state index contributed by atoms with van der Waals surface area (Å²) in [4.78, 5) is 13.1. The molecule has 0 aromatic rings. The fourth-order valence-electron chi connectivity index (χ4n) is 6.21. The predicted octanol–water partition coefficient (Wildman–Crippen LogP) is 5.21. The minimum atomic E-state index is -0.309. The molecule has 4 saturated carbocycles. The van der Waals surface area contributed by atoms with E-state index in [-0.39, 0.29) is 17.0 Å². The minimum absolute atomic E-state index is 0.0848. The molecule has 0 amide bonds. The van der Waals surface area contributed by atoms with E-state index in [0.717, 1.165) is 31.1 Å². The zero-order valence-corrected chi connectivity index (χ0v) is 15.2. The Labute approximate surface area is 136 Å². The standard InChI is InChI=1S/C20H34O2/c1-6-19(5,12-13(3)4)18(21)22-20(7-2)16-9-14-8-15(11-16)17(20)10-14/h13-17H,6-12H2,1-5H3. The Morgan fingerprint density at radius 3 is 2.50 bits per heavy atom. The Morgan fingerprint density at radius 2 is 1.95 bits per heavy atom. The van der Waals surface area contributed by atoms with Gasteiger partial charge in [-0.05, 0) is 75.5 Å². The maximum atomic E-state index is 13.1. The number of hydrogen-bond acceptors (Lipinski definition) is 2. The van der Waals surface area contributed by atoms with Gasteiger partial charge in [0.1, 0.15) is 5.60 Å². The first-order valence-electron chi connectivity index (χ1n) is 9.58. The van der Waals surface area contributed by atoms with E-state index in [1.54, 1.807) is 0 Å². The highest BCUT2D eigenvalue weighted by molar-refractivity contribution is 5.77. The van der Waals surface area contributed by atoms with Gasteiger partial charge in [0, 0.05) is 5.92 Å². The van der Waals surface area contributed by atoms with Crippen LogP contribution in [0.5, 0.6) is 0 Å². The summed E-state index contributed by atoms with van der Waals surface area (Å²) in [6.45, 7) is 10.9. The molecule has 0 aromatic carbocycles. The van der Waals surface area contributed by atoms with Gasteiger partial charge in [-0.2, -0.15) is 0 Å². The molecule has 4 aliphatic rings. The van der Waals surface area contributed by atoms with Gasteiger partial charge in [-0.3, -0.25) is 4.79 Å². The Morgan fingerprint density at radius 1 is 1.23 bits per heavy atom. The molecule has 6 unspecified atom stereocenters. The summed E-state index contributed by atoms with van der Waals surface area (Å²) in [6, 6.07) is 0. The molecular formula is C20H34O2. The molecule has 126 valence electrons. The molecule has 0 N–H and O–H groups in total. The highest BCUT2D eigenvalue weighted by atomic mass is 16.6. The zero-order chi connectivity index (χ0) is 16.1. The highest BCUT2D eigenvalue weighted by Crippen LogP contribution is 2.65. The van der Waals surface area contributed by atoms with Crippen LogP contribution in [0.3, 0.4) is 0 Å². The summed E-state index contributed by atoms with van der Waals surface area (Å²) in [5.41, 5.74) is -0.432. The topological polar surface area (TPSA) is 26.3 Å². The smallest absolute Gasteiger partial charge is 0.312 e. The van der Waals surface area contributed by atoms with E-state index >= 15 is 0 Å². The van der Waals surface area contributed by atoms with Gasteiger partial charge in [-0.15, -0.1) is 0 Å². The van der Waals surface area contributed by atoms with Crippen LogP contribution < -0.4 is 0 Å². The molecule has 0 spiro atoms. The monoisotopic (exact) mass is 306 g/mol. The average Bonchev–Trinajstić information content (AvgIpc) is 2.87. The molecule has 0 radical (unpaired) electrons. The predicted molar refractivity (Wildman–Crippen MR) is 89.4 cm³/mol. The third-order valence-corrected chi connectivity index (χ3v) is 7.28. The molecule has 0 aromatic heterocycles. The van der Waals surface area contributed by atoms with Crippen molar-refractivity contribution < 1.29 is 9.53 Å². The third kappa shape index (κ3) is 2.32. The number of rotatable bonds is 6. The van der Waals surface area contributed by atoms with Gasteiger partial charge in [0.15, 0.2) is 0 Å². The van der Waals surface area contributed by atoms with Crippen LogP contribution in [0.2, 0.25) is 0 Å². The van der Waals surface area contributed by atoms with Gasteiger partial charge in [0.2, 0.25) is 0 Å². The van der Waals surface area contributed by atoms with Crippen LogP contribution in [0.4, 0.5) is 0 Å². The summed E-state index contributed by atoms with van der Waals surface area (Å²) >= 11 is 0. The number of ether oxygens (including phenoxy) is 1. The summed E-state index contributed by atoms with van der Waals surface area (Å²) in [5.74, 6) is 3.69. The minimum Gasteiger partial charge on any atom is -0.458 e. The lowest BCUT2D eigenvalue weighted by atomic mass is 9.70. The van der Waals surface area contributed by atoms with Crippen molar-refractivity contribution in [2.75, 3.05) is 0 Å². The molecule has 4 bridgehead atoms. The number of carbonyl (C=O) groups excluding carboxylic acids is 1. The third-order valence-electron chi connectivity index (χ3n) is 7.28. The van der Waals surface area contributed by atoms with Crippen LogP contribution >= 0.6 is 0 Å². The number of hydrogen-bond donors (Lipinski definition) is 0. The van der Waals surface area contributed by atoms with Gasteiger partial charge < -0.3 is 4.74 Å². The lowest BCUT2D eigenvalue weighted by molar-refractivity contribution is -0.187. The zero-order valence-electron chi connectivity index (χ0n) is 15.2. The van der Waals surface area contributed by atoms with Crippen molar-refractivity contribution in [3.63, 3.8) is 0 Å². The van der Waals surface area contributed by atoms with Crippen molar-refractivity contribution in [3.05, 3.63) is 0 Å². The van der Waals surface area contributed by atoms with Crippen LogP contribution in [0.25, 0.3) is 0 Å². The van der Waals surface area contributed by atoms with Crippen LogP contribution in [0, 0.1) is 35.0 Å². The normalized spacial score (nSPS) is 41.9. The fraction of sp³-hybridized carbons (Fsp3) is 0.950. The molecule has 6 atom stereocenters. The van der Waals surface area contributed by atoms with Crippen molar-refractivity contribution in [2.45, 2.75) is 85.2 Å². The molecule has 22 heavy (non-hydrogen) atoms. The van der Waals surface area contributed by atoms with Crippen LogP contribution in [0.1, 0.15) is 79.6 Å². The Bertz CT molecular complexity index is 439. The van der Waals surface area contributed by atoms with Crippen molar-refractivity contribution in [2.24, 2.45) is 35.0 Å². The molecule has 0 aliphatic heterocycles. The van der Waals surface area contributed by atoms with E-state index in [1.807, 2.05) is 0 Å². The molecule has 4 fully saturated rings. The first-order chi connectivity index (χ1) is 10.3. The Kier molecular flexibility index (Phi) is 4.10. The quantitative estimate of drug-likeness (QED) is 0.630. The van der Waals surface area contributed by atoms with E-state index in [4.69, 9.17) is 4.74 Å². The first kappa shape index (κ1) is 16.3. The molecule has 2 heteroatoms. The van der Waals surface area contributed by atoms with Gasteiger partial charge in [-0.25, -0.2) is 0 Å². The van der Waals surface area contributed by atoms with E-state index < -0.39 is 0 Å². The lowest BCUT2D eigenvalue weighted by Crippen LogP contribution is -2.49. The van der Waals surface area contributed by atoms with Gasteiger partial charge in [0.05, 0.1) is 5.41 Å². The van der Waals surface area contributed by atoms with Crippen LogP contribution in [0.15, 0.2) is 0 Å². The first-order valence-corrected chi connectivity index (χ1v) is 9.58. The second-order valence-corrected chi connectivity index (χ2v) is 9.08. The SMILES string of the molecule is CCC(C)(CC(C)C)C(=O)OC1(CC)C2CC3CC(C2)C1C3. The second-order valence-electron chi connectivity index (χ2n) is 9.08. The molecule has 0 saturated heterocycles.